The van der Waals surface area contributed by atoms with E-state index in [1.165, 1.54) is 12.1 Å². The lowest BCUT2D eigenvalue weighted by atomic mass is 10.1. The van der Waals surface area contributed by atoms with Gasteiger partial charge in [0, 0.05) is 11.0 Å². The topological polar surface area (TPSA) is 38.3 Å². The molecule has 116 valence electrons. The maximum Gasteiger partial charge on any atom is 0.223 e. The van der Waals surface area contributed by atoms with Gasteiger partial charge in [0.2, 0.25) is 5.91 Å². The summed E-state index contributed by atoms with van der Waals surface area (Å²) in [5.74, 6) is 0.189. The van der Waals surface area contributed by atoms with Gasteiger partial charge in [0.05, 0.1) is 13.0 Å². The van der Waals surface area contributed by atoms with E-state index in [4.69, 9.17) is 4.74 Å². The van der Waals surface area contributed by atoms with Crippen LogP contribution in [0.4, 0.5) is 4.39 Å². The summed E-state index contributed by atoms with van der Waals surface area (Å²) >= 11 is 3.48. The molecule has 0 aliphatic carbocycles. The van der Waals surface area contributed by atoms with Gasteiger partial charge < -0.3 is 10.1 Å². The Kier molecular flexibility index (Phi) is 6.40. The Morgan fingerprint density at radius 2 is 1.86 bits per heavy atom. The zero-order chi connectivity index (χ0) is 15.8. The molecule has 0 aromatic heterocycles. The second-order valence-electron chi connectivity index (χ2n) is 4.74. The first-order chi connectivity index (χ1) is 10.6. The molecule has 1 amide bonds. The molecule has 0 heterocycles. The second kappa shape index (κ2) is 8.54. The highest BCUT2D eigenvalue weighted by atomic mass is 79.9. The Labute approximate surface area is 137 Å². The number of benzene rings is 2. The molecule has 0 bridgehead atoms. The Bertz CT molecular complexity index is 616. The van der Waals surface area contributed by atoms with Crippen LogP contribution in [0.1, 0.15) is 12.0 Å². The standard InChI is InChI=1S/C17H17BrFNO2/c18-16-4-2-1-3-13(16)9-11-20-17(21)10-12-22-15-7-5-14(19)6-8-15/h1-8H,9-12H2,(H,20,21). The molecule has 0 atom stereocenters. The maximum absolute atomic E-state index is 12.7. The molecule has 0 fully saturated rings. The number of ether oxygens (including phenoxy) is 1. The molecule has 2 aromatic rings. The Morgan fingerprint density at radius 1 is 1.14 bits per heavy atom. The van der Waals surface area contributed by atoms with Gasteiger partial charge in [0.25, 0.3) is 0 Å². The largest absolute Gasteiger partial charge is 0.493 e. The van der Waals surface area contributed by atoms with Crippen molar-refractivity contribution in [2.45, 2.75) is 12.8 Å². The second-order valence-corrected chi connectivity index (χ2v) is 5.60. The smallest absolute Gasteiger partial charge is 0.223 e. The average molecular weight is 366 g/mol. The van der Waals surface area contributed by atoms with Gasteiger partial charge in [-0.05, 0) is 42.3 Å². The molecule has 3 nitrogen and oxygen atoms in total. The lowest BCUT2D eigenvalue weighted by Gasteiger charge is -2.08. The molecule has 0 unspecified atom stereocenters. The van der Waals surface area contributed by atoms with E-state index < -0.39 is 0 Å². The van der Waals surface area contributed by atoms with Crippen molar-refractivity contribution in [1.29, 1.82) is 0 Å². The van der Waals surface area contributed by atoms with Gasteiger partial charge in [-0.3, -0.25) is 4.79 Å². The molecule has 2 rings (SSSR count). The van der Waals surface area contributed by atoms with E-state index in [2.05, 4.69) is 21.2 Å². The summed E-state index contributed by atoms with van der Waals surface area (Å²) in [4.78, 5) is 11.7. The van der Waals surface area contributed by atoms with Crippen LogP contribution in [0.3, 0.4) is 0 Å². The fourth-order valence-electron chi connectivity index (χ4n) is 1.92. The van der Waals surface area contributed by atoms with E-state index in [1.54, 1.807) is 12.1 Å². The number of nitrogens with one attached hydrogen (secondary N) is 1. The third kappa shape index (κ3) is 5.48. The van der Waals surface area contributed by atoms with Crippen molar-refractivity contribution >= 4 is 21.8 Å². The molecule has 0 aliphatic rings. The van der Waals surface area contributed by atoms with E-state index in [-0.39, 0.29) is 24.8 Å². The van der Waals surface area contributed by atoms with Gasteiger partial charge in [-0.15, -0.1) is 0 Å². The van der Waals surface area contributed by atoms with E-state index >= 15 is 0 Å². The van der Waals surface area contributed by atoms with E-state index in [1.807, 2.05) is 24.3 Å². The minimum absolute atomic E-state index is 0.0610. The maximum atomic E-state index is 12.7. The number of hydrogen-bond donors (Lipinski definition) is 1. The van der Waals surface area contributed by atoms with E-state index in [0.717, 1.165) is 16.5 Å². The minimum Gasteiger partial charge on any atom is -0.493 e. The van der Waals surface area contributed by atoms with Crippen molar-refractivity contribution in [1.82, 2.24) is 5.32 Å². The van der Waals surface area contributed by atoms with Crippen molar-refractivity contribution in [2.75, 3.05) is 13.2 Å². The zero-order valence-corrected chi connectivity index (χ0v) is 13.6. The highest BCUT2D eigenvalue weighted by molar-refractivity contribution is 9.10. The van der Waals surface area contributed by atoms with Gasteiger partial charge in [0.1, 0.15) is 11.6 Å². The number of rotatable bonds is 7. The third-order valence-electron chi connectivity index (χ3n) is 3.09. The number of hydrogen-bond acceptors (Lipinski definition) is 2. The molecule has 0 saturated carbocycles. The summed E-state index contributed by atoms with van der Waals surface area (Å²) in [5.41, 5.74) is 1.16. The molecule has 22 heavy (non-hydrogen) atoms. The molecule has 0 saturated heterocycles. The number of halogens is 2. The average Bonchev–Trinajstić information content (AvgIpc) is 2.51. The summed E-state index contributed by atoms with van der Waals surface area (Å²) in [6.07, 6.45) is 1.04. The Morgan fingerprint density at radius 3 is 2.59 bits per heavy atom. The van der Waals surface area contributed by atoms with Gasteiger partial charge in [0.15, 0.2) is 0 Å². The van der Waals surface area contributed by atoms with Gasteiger partial charge in [-0.25, -0.2) is 4.39 Å². The predicted molar refractivity (Wildman–Crippen MR) is 87.4 cm³/mol. The molecule has 5 heteroatoms. The summed E-state index contributed by atoms with van der Waals surface area (Å²) in [5, 5.41) is 2.85. The van der Waals surface area contributed by atoms with Crippen LogP contribution in [0.15, 0.2) is 53.0 Å². The van der Waals surface area contributed by atoms with E-state index in [0.29, 0.717) is 12.3 Å². The van der Waals surface area contributed by atoms with Crippen LogP contribution in [0.2, 0.25) is 0 Å². The summed E-state index contributed by atoms with van der Waals surface area (Å²) < 4.78 is 19.1. The number of carbonyl (C=O) groups is 1. The van der Waals surface area contributed by atoms with Crippen molar-refractivity contribution < 1.29 is 13.9 Å². The fourth-order valence-corrected chi connectivity index (χ4v) is 2.40. The van der Waals surface area contributed by atoms with Crippen molar-refractivity contribution in [2.24, 2.45) is 0 Å². The minimum atomic E-state index is -0.308. The number of carbonyl (C=O) groups excluding carboxylic acids is 1. The van der Waals surface area contributed by atoms with Crippen LogP contribution in [0.5, 0.6) is 5.75 Å². The quantitative estimate of drug-likeness (QED) is 0.811. The monoisotopic (exact) mass is 365 g/mol. The first-order valence-electron chi connectivity index (χ1n) is 7.03. The van der Waals surface area contributed by atoms with Gasteiger partial charge in [-0.2, -0.15) is 0 Å². The van der Waals surface area contributed by atoms with Crippen molar-refractivity contribution in [3.63, 3.8) is 0 Å². The molecule has 0 radical (unpaired) electrons. The van der Waals surface area contributed by atoms with Crippen molar-refractivity contribution in [3.05, 3.63) is 64.4 Å². The normalized spacial score (nSPS) is 10.3. The molecular weight excluding hydrogens is 349 g/mol. The lowest BCUT2D eigenvalue weighted by Crippen LogP contribution is -2.27. The Hall–Kier alpha value is -1.88. The molecule has 1 N–H and O–H groups in total. The van der Waals surface area contributed by atoms with Crippen LogP contribution in [0.25, 0.3) is 0 Å². The van der Waals surface area contributed by atoms with Crippen LogP contribution in [-0.4, -0.2) is 19.1 Å². The lowest BCUT2D eigenvalue weighted by molar-refractivity contribution is -0.121. The third-order valence-corrected chi connectivity index (χ3v) is 3.86. The highest BCUT2D eigenvalue weighted by Gasteiger charge is 2.03. The van der Waals surface area contributed by atoms with Crippen LogP contribution < -0.4 is 10.1 Å². The molecule has 0 aliphatic heterocycles. The SMILES string of the molecule is O=C(CCOc1ccc(F)cc1)NCCc1ccccc1Br. The van der Waals surface area contributed by atoms with Crippen LogP contribution >= 0.6 is 15.9 Å². The zero-order valence-electron chi connectivity index (χ0n) is 12.0. The molecule has 0 spiro atoms. The highest BCUT2D eigenvalue weighted by Crippen LogP contribution is 2.15. The summed E-state index contributed by atoms with van der Waals surface area (Å²) in [6.45, 7) is 0.852. The Balaban J connectivity index is 1.64. The molecular formula is C17H17BrFNO2. The van der Waals surface area contributed by atoms with Gasteiger partial charge >= 0.3 is 0 Å². The van der Waals surface area contributed by atoms with Gasteiger partial charge in [-0.1, -0.05) is 34.1 Å². The molecule has 2 aromatic carbocycles. The summed E-state index contributed by atoms with van der Waals surface area (Å²) in [6, 6.07) is 13.7. The first kappa shape index (κ1) is 16.5. The summed E-state index contributed by atoms with van der Waals surface area (Å²) in [7, 11) is 0. The van der Waals surface area contributed by atoms with E-state index in [9.17, 15) is 9.18 Å². The first-order valence-corrected chi connectivity index (χ1v) is 7.83. The fraction of sp³-hybridized carbons (Fsp3) is 0.235. The van der Waals surface area contributed by atoms with Crippen LogP contribution in [0, 0.1) is 5.82 Å². The van der Waals surface area contributed by atoms with Crippen LogP contribution in [-0.2, 0) is 11.2 Å². The predicted octanol–water partition coefficient (Wildman–Crippen LogP) is 3.72. The number of amides is 1. The van der Waals surface area contributed by atoms with Crippen molar-refractivity contribution in [3.8, 4) is 5.75 Å².